The summed E-state index contributed by atoms with van der Waals surface area (Å²) < 4.78 is 59.3. The van der Waals surface area contributed by atoms with Crippen molar-refractivity contribution in [1.29, 1.82) is 0 Å². The van der Waals surface area contributed by atoms with E-state index in [0.717, 1.165) is 38.3 Å². The molecule has 9 heteroatoms. The van der Waals surface area contributed by atoms with Crippen molar-refractivity contribution in [3.05, 3.63) is 181 Å². The van der Waals surface area contributed by atoms with Crippen LogP contribution in [-0.2, 0) is 0 Å². The minimum absolute atomic E-state index is 0.189. The Balaban J connectivity index is 1.10. The van der Waals surface area contributed by atoms with E-state index < -0.39 is 21.8 Å². The molecule has 0 N–H and O–H groups in total. The van der Waals surface area contributed by atoms with Crippen molar-refractivity contribution in [3.8, 4) is 11.4 Å². The fraction of sp³-hybridized carbons (Fsp3) is 0.0385. The summed E-state index contributed by atoms with van der Waals surface area (Å²) in [6.07, 6.45) is 0. The summed E-state index contributed by atoms with van der Waals surface area (Å²) in [6, 6.07) is 58.5. The highest BCUT2D eigenvalue weighted by Crippen LogP contribution is 2.43. The Hall–Kier alpha value is -6.78. The Morgan fingerprint density at radius 1 is 0.443 bits per heavy atom. The Morgan fingerprint density at radius 3 is 1.61 bits per heavy atom. The second-order valence-electron chi connectivity index (χ2n) is 15.8. The highest BCUT2D eigenvalue weighted by atomic mass is 32.2. The topological polar surface area (TPSA) is 44.5 Å². The van der Waals surface area contributed by atoms with Crippen LogP contribution in [0.3, 0.4) is 0 Å². The maximum atomic E-state index is 8.60. The SMILES string of the molecule is [2H]C([2H])([2H])c1cccc2c1nc1n(-c3ccc4c(c3)n3c5cccc(C([2H])([2H])[2H])c5nc3n4-c3cccc4c3Sc3ccccc3[Si]43c4ccccc4Sc4ccccc43)c3ccccc3n21. The number of hydrogen-bond acceptors (Lipinski definition) is 4. The molecule has 0 saturated heterocycles. The summed E-state index contributed by atoms with van der Waals surface area (Å²) >= 11 is 3.63. The first kappa shape index (κ1) is 28.6. The molecule has 0 aliphatic carbocycles. The highest BCUT2D eigenvalue weighted by Gasteiger charge is 2.51. The van der Waals surface area contributed by atoms with Gasteiger partial charge in [0.1, 0.15) is 0 Å². The van der Waals surface area contributed by atoms with Crippen LogP contribution in [0.1, 0.15) is 19.4 Å². The van der Waals surface area contributed by atoms with Crippen LogP contribution in [-0.4, -0.2) is 36.0 Å². The van der Waals surface area contributed by atoms with Crippen LogP contribution in [0.25, 0.3) is 67.1 Å². The monoisotopic (exact) mass is 840 g/mol. The molecule has 288 valence electrons. The summed E-state index contributed by atoms with van der Waals surface area (Å²) in [6.45, 7) is -4.76. The van der Waals surface area contributed by atoms with Crippen molar-refractivity contribution in [2.45, 2.75) is 33.3 Å². The largest absolute Gasteiger partial charge is 0.278 e. The van der Waals surface area contributed by atoms with E-state index in [0.29, 0.717) is 33.6 Å². The molecule has 2 aliphatic heterocycles. The van der Waals surface area contributed by atoms with Crippen LogP contribution in [0.4, 0.5) is 0 Å². The molecule has 8 aromatic carbocycles. The number of para-hydroxylation sites is 4. The average Bonchev–Trinajstić information content (AvgIpc) is 4.07. The fourth-order valence-corrected chi connectivity index (χ4v) is 19.6. The van der Waals surface area contributed by atoms with E-state index in [-0.39, 0.29) is 11.1 Å². The summed E-state index contributed by atoms with van der Waals surface area (Å²) in [7, 11) is -2.93. The Kier molecular flexibility index (Phi) is 5.71. The number of benzene rings is 8. The molecule has 0 saturated carbocycles. The van der Waals surface area contributed by atoms with Gasteiger partial charge in [0.15, 0.2) is 8.07 Å². The smallest absolute Gasteiger partial charge is 0.220 e. The van der Waals surface area contributed by atoms with Gasteiger partial charge in [-0.15, -0.1) is 0 Å². The molecule has 2 aliphatic rings. The summed E-state index contributed by atoms with van der Waals surface area (Å²) in [4.78, 5) is 15.3. The Bertz CT molecular complexity index is 4060. The van der Waals surface area contributed by atoms with Gasteiger partial charge >= 0.3 is 0 Å². The zero-order chi connectivity index (χ0) is 45.1. The lowest BCUT2D eigenvalue weighted by Crippen LogP contribution is -2.78. The number of rotatable bonds is 2. The molecule has 0 amide bonds. The van der Waals surface area contributed by atoms with E-state index in [4.69, 9.17) is 18.2 Å². The van der Waals surface area contributed by atoms with Gasteiger partial charge in [-0.2, -0.15) is 0 Å². The first-order valence-corrected chi connectivity index (χ1v) is 23.8. The molecular formula is C52H34N6S2Si. The van der Waals surface area contributed by atoms with E-state index in [1.807, 2.05) is 46.5 Å². The molecule has 12 aromatic rings. The molecule has 14 rings (SSSR count). The molecule has 61 heavy (non-hydrogen) atoms. The Labute approximate surface area is 368 Å². The van der Waals surface area contributed by atoms with Crippen LogP contribution >= 0.6 is 23.5 Å². The van der Waals surface area contributed by atoms with Crippen molar-refractivity contribution in [1.82, 2.24) is 27.9 Å². The normalized spacial score (nSPS) is 15.9. The molecule has 0 fully saturated rings. The molecule has 0 radical (unpaired) electrons. The lowest BCUT2D eigenvalue weighted by molar-refractivity contribution is 1.08. The zero-order valence-corrected chi connectivity index (χ0v) is 34.8. The minimum atomic E-state index is -2.93. The lowest BCUT2D eigenvalue weighted by atomic mass is 10.2. The maximum Gasteiger partial charge on any atom is 0.220 e. The number of aryl methyl sites for hydroxylation is 2. The fourth-order valence-electron chi connectivity index (χ4n) is 10.3. The van der Waals surface area contributed by atoms with Crippen LogP contribution in [0.15, 0.2) is 189 Å². The van der Waals surface area contributed by atoms with Crippen LogP contribution in [0.2, 0.25) is 0 Å². The van der Waals surface area contributed by atoms with Crippen molar-refractivity contribution in [3.63, 3.8) is 0 Å². The van der Waals surface area contributed by atoms with Crippen molar-refractivity contribution in [2.24, 2.45) is 0 Å². The van der Waals surface area contributed by atoms with E-state index in [2.05, 4.69) is 129 Å². The van der Waals surface area contributed by atoms with Gasteiger partial charge < -0.3 is 0 Å². The number of aromatic nitrogens is 6. The third-order valence-corrected chi connectivity index (χ3v) is 20.8. The average molecular weight is 841 g/mol. The van der Waals surface area contributed by atoms with Crippen LogP contribution in [0, 0.1) is 13.7 Å². The second kappa shape index (κ2) is 12.2. The minimum Gasteiger partial charge on any atom is -0.278 e. The molecule has 0 atom stereocenters. The first-order chi connectivity index (χ1) is 32.5. The van der Waals surface area contributed by atoms with Crippen LogP contribution in [0.5, 0.6) is 0 Å². The second-order valence-corrected chi connectivity index (χ2v) is 21.6. The van der Waals surface area contributed by atoms with Gasteiger partial charge in [-0.1, -0.05) is 127 Å². The van der Waals surface area contributed by atoms with E-state index in [1.165, 1.54) is 35.4 Å². The molecular weight excluding hydrogens is 801 g/mol. The summed E-state index contributed by atoms with van der Waals surface area (Å²) in [5, 5.41) is 5.41. The predicted molar refractivity (Wildman–Crippen MR) is 254 cm³/mol. The predicted octanol–water partition coefficient (Wildman–Crippen LogP) is 10.1. The standard InChI is InChI=1S/C52H34N6S2Si/c1-31-14-11-18-37-48(31)53-51-55(34-16-3-4-17-35(34)56(37)51)33-28-29-36-40(30-33)58-38-19-12-15-32(2)49(38)54-52(58)57(36)39-20-13-27-47-50(39)60-43-23-7-10-26-46(43)61(47)44-24-8-5-21-41(44)59-42-22-6-9-25-45(42)61/h3-30H,1-2H3/i1D3,2D3. The van der Waals surface area contributed by atoms with Gasteiger partial charge in [0, 0.05) is 27.8 Å². The van der Waals surface area contributed by atoms with E-state index in [9.17, 15) is 0 Å². The van der Waals surface area contributed by atoms with Crippen molar-refractivity contribution >= 4 is 108 Å². The molecule has 4 aromatic heterocycles. The number of nitrogens with zero attached hydrogens (tertiary/aromatic N) is 6. The third kappa shape index (κ3) is 4.30. The highest BCUT2D eigenvalue weighted by molar-refractivity contribution is 8.01. The van der Waals surface area contributed by atoms with Gasteiger partial charge in [0.2, 0.25) is 11.6 Å². The summed E-state index contributed by atoms with van der Waals surface area (Å²) in [5.74, 6) is 1.18. The number of hydrogen-bond donors (Lipinski definition) is 0. The molecule has 0 bridgehead atoms. The lowest BCUT2D eigenvalue weighted by Gasteiger charge is -2.44. The zero-order valence-electron chi connectivity index (χ0n) is 38.2. The molecule has 1 spiro atoms. The Morgan fingerprint density at radius 2 is 0.951 bits per heavy atom. The van der Waals surface area contributed by atoms with E-state index >= 15 is 0 Å². The van der Waals surface area contributed by atoms with E-state index in [1.54, 1.807) is 36.0 Å². The van der Waals surface area contributed by atoms with Crippen LogP contribution < -0.4 is 20.7 Å². The molecule has 0 unspecified atom stereocenters. The van der Waals surface area contributed by atoms with Gasteiger partial charge in [0.05, 0.1) is 55.5 Å². The van der Waals surface area contributed by atoms with Gasteiger partial charge in [-0.3, -0.25) is 17.9 Å². The van der Waals surface area contributed by atoms with Gasteiger partial charge in [-0.05, 0) is 112 Å². The van der Waals surface area contributed by atoms with Gasteiger partial charge in [0.25, 0.3) is 0 Å². The third-order valence-electron chi connectivity index (χ3n) is 12.7. The molecule has 6 heterocycles. The number of fused-ring (bicyclic) bond motifs is 18. The molecule has 6 nitrogen and oxygen atoms in total. The van der Waals surface area contributed by atoms with Crippen molar-refractivity contribution < 1.29 is 8.22 Å². The maximum absolute atomic E-state index is 8.60. The summed E-state index contributed by atoms with van der Waals surface area (Å²) in [5.41, 5.74) is 7.89. The quantitative estimate of drug-likeness (QED) is 0.163. The first-order valence-electron chi connectivity index (χ1n) is 23.2. The number of imidazole rings is 4. The van der Waals surface area contributed by atoms with Crippen molar-refractivity contribution in [2.75, 3.05) is 0 Å². The van der Waals surface area contributed by atoms with Gasteiger partial charge in [-0.25, -0.2) is 9.97 Å².